The number of anilines is 1. The van der Waals surface area contributed by atoms with Crippen molar-refractivity contribution in [3.8, 4) is 5.88 Å². The summed E-state index contributed by atoms with van der Waals surface area (Å²) < 4.78 is 5.04. The summed E-state index contributed by atoms with van der Waals surface area (Å²) in [4.78, 5) is 33.3. The highest BCUT2D eigenvalue weighted by Crippen LogP contribution is 2.27. The van der Waals surface area contributed by atoms with Gasteiger partial charge in [-0.05, 0) is 6.42 Å². The fourth-order valence-corrected chi connectivity index (χ4v) is 2.39. The number of rotatable bonds is 2. The average molecular weight is 263 g/mol. The van der Waals surface area contributed by atoms with Crippen LogP contribution in [0.1, 0.15) is 6.42 Å². The summed E-state index contributed by atoms with van der Waals surface area (Å²) in [6.07, 6.45) is 2.13. The summed E-state index contributed by atoms with van der Waals surface area (Å²) in [6.45, 7) is 0.957. The Balaban J connectivity index is 1.82. The standard InChI is InChI=1S/C11H13N5O3/c1-19-7-2-4-12-9(13-7)16-5-3-11(6-16)8(17)14-10(18)15-11/h2,4H,3,5-6H2,1H3,(H2,14,15,17,18). The first-order valence-electron chi connectivity index (χ1n) is 5.88. The van der Waals surface area contributed by atoms with Gasteiger partial charge in [-0.25, -0.2) is 9.78 Å². The number of hydrogen-bond acceptors (Lipinski definition) is 6. The molecule has 2 saturated heterocycles. The van der Waals surface area contributed by atoms with Gasteiger partial charge in [-0.3, -0.25) is 10.1 Å². The Morgan fingerprint density at radius 2 is 2.32 bits per heavy atom. The SMILES string of the molecule is COc1ccnc(N2CCC3(C2)NC(=O)NC3=O)n1. The number of nitrogens with zero attached hydrogens (tertiary/aromatic N) is 3. The lowest BCUT2D eigenvalue weighted by Crippen LogP contribution is -2.49. The van der Waals surface area contributed by atoms with Gasteiger partial charge in [0.15, 0.2) is 0 Å². The van der Waals surface area contributed by atoms with Gasteiger partial charge in [0.25, 0.3) is 5.91 Å². The van der Waals surface area contributed by atoms with Crippen LogP contribution >= 0.6 is 0 Å². The molecule has 1 aromatic rings. The van der Waals surface area contributed by atoms with Gasteiger partial charge in [-0.1, -0.05) is 0 Å². The summed E-state index contributed by atoms with van der Waals surface area (Å²) in [5, 5.41) is 4.94. The van der Waals surface area contributed by atoms with Crippen molar-refractivity contribution in [3.63, 3.8) is 0 Å². The van der Waals surface area contributed by atoms with Crippen molar-refractivity contribution < 1.29 is 14.3 Å². The Morgan fingerprint density at radius 1 is 1.47 bits per heavy atom. The molecule has 2 fully saturated rings. The molecule has 0 saturated carbocycles. The largest absolute Gasteiger partial charge is 0.481 e. The third-order valence-corrected chi connectivity index (χ3v) is 3.39. The molecule has 3 rings (SSSR count). The van der Waals surface area contributed by atoms with Crippen LogP contribution < -0.4 is 20.3 Å². The molecule has 3 heterocycles. The van der Waals surface area contributed by atoms with Crippen LogP contribution in [0.15, 0.2) is 12.3 Å². The molecular weight excluding hydrogens is 250 g/mol. The van der Waals surface area contributed by atoms with E-state index < -0.39 is 11.6 Å². The van der Waals surface area contributed by atoms with Gasteiger partial charge in [0, 0.05) is 18.8 Å². The van der Waals surface area contributed by atoms with Gasteiger partial charge in [0.05, 0.1) is 13.7 Å². The van der Waals surface area contributed by atoms with E-state index in [9.17, 15) is 9.59 Å². The van der Waals surface area contributed by atoms with Crippen LogP contribution in [0.4, 0.5) is 10.7 Å². The molecule has 0 aliphatic carbocycles. The van der Waals surface area contributed by atoms with Crippen LogP contribution in [-0.4, -0.2) is 47.6 Å². The predicted molar refractivity (Wildman–Crippen MR) is 64.8 cm³/mol. The number of methoxy groups -OCH3 is 1. The minimum Gasteiger partial charge on any atom is -0.481 e. The molecule has 1 spiro atoms. The molecule has 0 radical (unpaired) electrons. The van der Waals surface area contributed by atoms with Crippen molar-refractivity contribution in [2.45, 2.75) is 12.0 Å². The number of ether oxygens (including phenoxy) is 1. The van der Waals surface area contributed by atoms with E-state index in [1.54, 1.807) is 12.3 Å². The molecule has 8 nitrogen and oxygen atoms in total. The van der Waals surface area contributed by atoms with Crippen LogP contribution in [0.5, 0.6) is 5.88 Å². The lowest BCUT2D eigenvalue weighted by atomic mass is 10.00. The van der Waals surface area contributed by atoms with E-state index in [-0.39, 0.29) is 5.91 Å². The minimum absolute atomic E-state index is 0.289. The maximum atomic E-state index is 11.8. The van der Waals surface area contributed by atoms with Gasteiger partial charge >= 0.3 is 6.03 Å². The third kappa shape index (κ3) is 1.85. The smallest absolute Gasteiger partial charge is 0.322 e. The molecule has 1 aromatic heterocycles. The van der Waals surface area contributed by atoms with Crippen molar-refractivity contribution in [2.24, 2.45) is 0 Å². The van der Waals surface area contributed by atoms with E-state index in [4.69, 9.17) is 4.74 Å². The molecule has 8 heteroatoms. The molecule has 0 aromatic carbocycles. The van der Waals surface area contributed by atoms with Crippen molar-refractivity contribution in [2.75, 3.05) is 25.1 Å². The van der Waals surface area contributed by atoms with E-state index in [0.29, 0.717) is 31.3 Å². The van der Waals surface area contributed by atoms with E-state index in [0.717, 1.165) is 0 Å². The van der Waals surface area contributed by atoms with Crippen molar-refractivity contribution in [1.29, 1.82) is 0 Å². The molecule has 0 bridgehead atoms. The first kappa shape index (κ1) is 11.7. The topological polar surface area (TPSA) is 96.5 Å². The first-order chi connectivity index (χ1) is 9.13. The average Bonchev–Trinajstić information content (AvgIpc) is 2.95. The molecule has 19 heavy (non-hydrogen) atoms. The summed E-state index contributed by atoms with van der Waals surface area (Å²) >= 11 is 0. The second kappa shape index (κ2) is 4.08. The number of urea groups is 1. The first-order valence-corrected chi connectivity index (χ1v) is 5.88. The van der Waals surface area contributed by atoms with E-state index >= 15 is 0 Å². The Hall–Kier alpha value is -2.38. The number of nitrogens with one attached hydrogen (secondary N) is 2. The maximum Gasteiger partial charge on any atom is 0.322 e. The Labute approximate surface area is 109 Å². The number of imide groups is 1. The molecule has 100 valence electrons. The molecule has 1 atom stereocenters. The number of amides is 3. The van der Waals surface area contributed by atoms with Gasteiger partial charge in [-0.15, -0.1) is 0 Å². The Kier molecular flexibility index (Phi) is 2.51. The molecule has 1 unspecified atom stereocenters. The van der Waals surface area contributed by atoms with Crippen LogP contribution in [0.2, 0.25) is 0 Å². The van der Waals surface area contributed by atoms with Gasteiger partial charge in [-0.2, -0.15) is 4.98 Å². The fourth-order valence-electron chi connectivity index (χ4n) is 2.39. The molecule has 2 aliphatic heterocycles. The van der Waals surface area contributed by atoms with Crippen molar-refractivity contribution in [3.05, 3.63) is 12.3 Å². The quantitative estimate of drug-likeness (QED) is 0.683. The van der Waals surface area contributed by atoms with Crippen LogP contribution in [0, 0.1) is 0 Å². The van der Waals surface area contributed by atoms with Crippen molar-refractivity contribution >= 4 is 17.9 Å². The van der Waals surface area contributed by atoms with Gasteiger partial charge in [0.1, 0.15) is 5.54 Å². The molecular formula is C11H13N5O3. The monoisotopic (exact) mass is 263 g/mol. The lowest BCUT2D eigenvalue weighted by molar-refractivity contribution is -0.123. The molecule has 2 aliphatic rings. The Bertz CT molecular complexity index is 549. The third-order valence-electron chi connectivity index (χ3n) is 3.39. The minimum atomic E-state index is -0.858. The van der Waals surface area contributed by atoms with Crippen LogP contribution in [-0.2, 0) is 4.79 Å². The highest BCUT2D eigenvalue weighted by Gasteiger charge is 2.51. The summed E-state index contributed by atoms with van der Waals surface area (Å²) in [7, 11) is 1.53. The summed E-state index contributed by atoms with van der Waals surface area (Å²) in [5.74, 6) is 0.666. The van der Waals surface area contributed by atoms with Crippen molar-refractivity contribution in [1.82, 2.24) is 20.6 Å². The van der Waals surface area contributed by atoms with Gasteiger partial charge in [0.2, 0.25) is 11.8 Å². The maximum absolute atomic E-state index is 11.8. The molecule has 3 amide bonds. The summed E-state index contributed by atoms with van der Waals surface area (Å²) in [5.41, 5.74) is -0.858. The second-order valence-electron chi connectivity index (χ2n) is 4.56. The lowest BCUT2D eigenvalue weighted by Gasteiger charge is -2.21. The highest BCUT2D eigenvalue weighted by molar-refractivity contribution is 6.07. The zero-order valence-electron chi connectivity index (χ0n) is 10.3. The highest BCUT2D eigenvalue weighted by atomic mass is 16.5. The fraction of sp³-hybridized carbons (Fsp3) is 0.455. The predicted octanol–water partition coefficient (Wildman–Crippen LogP) is -0.726. The number of carbonyl (C=O) groups is 2. The van der Waals surface area contributed by atoms with Gasteiger partial charge < -0.3 is 15.0 Å². The Morgan fingerprint density at radius 3 is 3.00 bits per heavy atom. The summed E-state index contributed by atoms with van der Waals surface area (Å²) in [6, 6.07) is 1.21. The number of carbonyl (C=O) groups excluding carboxylic acids is 2. The van der Waals surface area contributed by atoms with E-state index in [1.165, 1.54) is 7.11 Å². The van der Waals surface area contributed by atoms with E-state index in [2.05, 4.69) is 20.6 Å². The van der Waals surface area contributed by atoms with E-state index in [1.807, 2.05) is 4.90 Å². The second-order valence-corrected chi connectivity index (χ2v) is 4.56. The van der Waals surface area contributed by atoms with Crippen LogP contribution in [0.3, 0.4) is 0 Å². The number of hydrogen-bond donors (Lipinski definition) is 2. The van der Waals surface area contributed by atoms with Crippen LogP contribution in [0.25, 0.3) is 0 Å². The normalized spacial score (nSPS) is 25.6. The zero-order chi connectivity index (χ0) is 13.5. The zero-order valence-corrected chi connectivity index (χ0v) is 10.3. The number of aromatic nitrogens is 2. The molecule has 2 N–H and O–H groups in total.